The second-order valence-electron chi connectivity index (χ2n) is 7.44. The molecule has 2 fully saturated rings. The molecule has 1 aliphatic carbocycles. The molecular formula is C18H23ClF3N3O2. The number of alkyl halides is 3. The van der Waals surface area contributed by atoms with Crippen molar-refractivity contribution in [3.63, 3.8) is 0 Å². The van der Waals surface area contributed by atoms with Crippen LogP contribution in [0.3, 0.4) is 0 Å². The van der Waals surface area contributed by atoms with Crippen LogP contribution < -0.4 is 10.2 Å². The number of rotatable bonds is 4. The average molecular weight is 406 g/mol. The van der Waals surface area contributed by atoms with Crippen LogP contribution in [0.2, 0.25) is 5.02 Å². The Kier molecular flexibility index (Phi) is 5.86. The maximum atomic E-state index is 12.7. The summed E-state index contributed by atoms with van der Waals surface area (Å²) in [6.45, 7) is 1.25. The van der Waals surface area contributed by atoms with Crippen LogP contribution in [0.4, 0.5) is 19.0 Å². The topological polar surface area (TPSA) is 65.5 Å². The number of aliphatic hydroxyl groups is 1. The number of hydrogen-bond donors (Lipinski definition) is 2. The highest BCUT2D eigenvalue weighted by Crippen LogP contribution is 2.35. The molecule has 1 saturated carbocycles. The molecule has 2 aliphatic rings. The Bertz CT molecular complexity index is 685. The standard InChI is InChI=1S/C18H23ClF3N3O2/c19-14-9-13(18(20,21)22)10-23-15(14)25-7-3-12(4-8-25)16(26)24-11-17(27)5-1-2-6-17/h9-10,12,27H,1-8,11H2,(H,24,26). The van der Waals surface area contributed by atoms with Crippen molar-refractivity contribution in [1.82, 2.24) is 10.3 Å². The number of halogens is 4. The summed E-state index contributed by atoms with van der Waals surface area (Å²) in [6, 6.07) is 0.880. The highest BCUT2D eigenvalue weighted by Gasteiger charge is 2.34. The summed E-state index contributed by atoms with van der Waals surface area (Å²) >= 11 is 5.99. The molecule has 0 unspecified atom stereocenters. The van der Waals surface area contributed by atoms with Crippen molar-refractivity contribution in [2.75, 3.05) is 24.5 Å². The second-order valence-corrected chi connectivity index (χ2v) is 7.84. The zero-order chi connectivity index (χ0) is 19.7. The van der Waals surface area contributed by atoms with Crippen molar-refractivity contribution in [3.8, 4) is 0 Å². The van der Waals surface area contributed by atoms with E-state index in [-0.39, 0.29) is 23.4 Å². The molecule has 1 aromatic heterocycles. The number of nitrogens with zero attached hydrogens (tertiary/aromatic N) is 2. The van der Waals surface area contributed by atoms with Crippen molar-refractivity contribution >= 4 is 23.3 Å². The van der Waals surface area contributed by atoms with Gasteiger partial charge < -0.3 is 15.3 Å². The lowest BCUT2D eigenvalue weighted by atomic mass is 9.95. The minimum Gasteiger partial charge on any atom is -0.388 e. The van der Waals surface area contributed by atoms with E-state index in [1.165, 1.54) is 0 Å². The quantitative estimate of drug-likeness (QED) is 0.805. The number of nitrogens with one attached hydrogen (secondary N) is 1. The van der Waals surface area contributed by atoms with Gasteiger partial charge in [0, 0.05) is 31.7 Å². The number of amides is 1. The van der Waals surface area contributed by atoms with E-state index >= 15 is 0 Å². The molecule has 5 nitrogen and oxygen atoms in total. The van der Waals surface area contributed by atoms with Gasteiger partial charge in [0.2, 0.25) is 5.91 Å². The van der Waals surface area contributed by atoms with Gasteiger partial charge in [0.25, 0.3) is 0 Å². The van der Waals surface area contributed by atoms with Crippen molar-refractivity contribution in [3.05, 3.63) is 22.8 Å². The Morgan fingerprint density at radius 2 is 1.96 bits per heavy atom. The minimum atomic E-state index is -4.48. The highest BCUT2D eigenvalue weighted by molar-refractivity contribution is 6.33. The summed E-state index contributed by atoms with van der Waals surface area (Å²) in [5.41, 5.74) is -1.66. The fraction of sp³-hybridized carbons (Fsp3) is 0.667. The molecule has 27 heavy (non-hydrogen) atoms. The number of pyridine rings is 1. The molecule has 2 heterocycles. The monoisotopic (exact) mass is 405 g/mol. The maximum Gasteiger partial charge on any atom is 0.417 e. The molecule has 150 valence electrons. The number of aromatic nitrogens is 1. The molecule has 0 atom stereocenters. The van der Waals surface area contributed by atoms with Gasteiger partial charge in [-0.2, -0.15) is 13.2 Å². The Morgan fingerprint density at radius 3 is 2.52 bits per heavy atom. The molecule has 0 radical (unpaired) electrons. The van der Waals surface area contributed by atoms with E-state index in [1.807, 2.05) is 0 Å². The fourth-order valence-corrected chi connectivity index (χ4v) is 4.06. The molecule has 0 spiro atoms. The Balaban J connectivity index is 1.53. The number of hydrogen-bond acceptors (Lipinski definition) is 4. The van der Waals surface area contributed by atoms with Gasteiger partial charge in [-0.1, -0.05) is 24.4 Å². The van der Waals surface area contributed by atoms with E-state index in [4.69, 9.17) is 11.6 Å². The van der Waals surface area contributed by atoms with Crippen LogP contribution in [-0.2, 0) is 11.0 Å². The fourth-order valence-electron chi connectivity index (χ4n) is 3.78. The largest absolute Gasteiger partial charge is 0.417 e. The van der Waals surface area contributed by atoms with E-state index in [0.29, 0.717) is 44.6 Å². The molecule has 1 aromatic rings. The number of carbonyl (C=O) groups is 1. The van der Waals surface area contributed by atoms with Gasteiger partial charge in [-0.25, -0.2) is 4.98 Å². The summed E-state index contributed by atoms with van der Waals surface area (Å²) in [5.74, 6) is 0.0460. The van der Waals surface area contributed by atoms with Crippen LogP contribution in [-0.4, -0.2) is 41.2 Å². The summed E-state index contributed by atoms with van der Waals surface area (Å²) in [4.78, 5) is 18.0. The van der Waals surface area contributed by atoms with Crippen LogP contribution in [0.15, 0.2) is 12.3 Å². The lowest BCUT2D eigenvalue weighted by Crippen LogP contribution is -2.46. The highest BCUT2D eigenvalue weighted by atomic mass is 35.5. The SMILES string of the molecule is O=C(NCC1(O)CCCC1)C1CCN(c2ncc(C(F)(F)F)cc2Cl)CC1. The van der Waals surface area contributed by atoms with E-state index in [1.54, 1.807) is 4.90 Å². The maximum absolute atomic E-state index is 12.7. The summed E-state index contributed by atoms with van der Waals surface area (Å²) in [7, 11) is 0. The first kappa shape index (κ1) is 20.2. The van der Waals surface area contributed by atoms with Gasteiger partial charge in [0.1, 0.15) is 5.82 Å². The molecule has 1 aliphatic heterocycles. The lowest BCUT2D eigenvalue weighted by Gasteiger charge is -2.33. The average Bonchev–Trinajstić information content (AvgIpc) is 3.06. The van der Waals surface area contributed by atoms with Crippen molar-refractivity contribution < 1.29 is 23.1 Å². The van der Waals surface area contributed by atoms with Crippen molar-refractivity contribution in [2.45, 2.75) is 50.3 Å². The summed E-state index contributed by atoms with van der Waals surface area (Å²) < 4.78 is 38.2. The van der Waals surface area contributed by atoms with E-state index in [9.17, 15) is 23.1 Å². The number of anilines is 1. The smallest absolute Gasteiger partial charge is 0.388 e. The lowest BCUT2D eigenvalue weighted by molar-refractivity contribution is -0.137. The first-order valence-corrected chi connectivity index (χ1v) is 9.53. The Morgan fingerprint density at radius 1 is 1.33 bits per heavy atom. The molecular weight excluding hydrogens is 383 g/mol. The third-order valence-electron chi connectivity index (χ3n) is 5.44. The van der Waals surface area contributed by atoms with Gasteiger partial charge in [0.15, 0.2) is 0 Å². The predicted octanol–water partition coefficient (Wildman–Crippen LogP) is 3.39. The molecule has 2 N–H and O–H groups in total. The first-order valence-electron chi connectivity index (χ1n) is 9.16. The minimum absolute atomic E-state index is 0.0452. The molecule has 0 bridgehead atoms. The van der Waals surface area contributed by atoms with Gasteiger partial charge in [-0.05, 0) is 31.7 Å². The second kappa shape index (κ2) is 7.83. The molecule has 3 rings (SSSR count). The Labute approximate surface area is 160 Å². The third kappa shape index (κ3) is 4.85. The zero-order valence-electron chi connectivity index (χ0n) is 14.9. The molecule has 0 aromatic carbocycles. The van der Waals surface area contributed by atoms with Crippen LogP contribution in [0.1, 0.15) is 44.1 Å². The van der Waals surface area contributed by atoms with E-state index < -0.39 is 17.3 Å². The van der Waals surface area contributed by atoms with Gasteiger partial charge >= 0.3 is 6.18 Å². The first-order chi connectivity index (χ1) is 12.7. The van der Waals surface area contributed by atoms with Crippen LogP contribution in [0.25, 0.3) is 0 Å². The normalized spacial score (nSPS) is 20.7. The van der Waals surface area contributed by atoms with Crippen molar-refractivity contribution in [1.29, 1.82) is 0 Å². The van der Waals surface area contributed by atoms with Crippen LogP contribution in [0.5, 0.6) is 0 Å². The van der Waals surface area contributed by atoms with Crippen LogP contribution in [0, 0.1) is 5.92 Å². The van der Waals surface area contributed by atoms with Gasteiger partial charge in [-0.3, -0.25) is 4.79 Å². The van der Waals surface area contributed by atoms with Gasteiger partial charge in [-0.15, -0.1) is 0 Å². The summed E-state index contributed by atoms with van der Waals surface area (Å²) in [5, 5.41) is 13.1. The predicted molar refractivity (Wildman–Crippen MR) is 95.6 cm³/mol. The van der Waals surface area contributed by atoms with E-state index in [2.05, 4.69) is 10.3 Å². The molecule has 9 heteroatoms. The van der Waals surface area contributed by atoms with Crippen LogP contribution >= 0.6 is 11.6 Å². The molecule has 1 saturated heterocycles. The molecule has 1 amide bonds. The Hall–Kier alpha value is -1.54. The zero-order valence-corrected chi connectivity index (χ0v) is 15.6. The number of carbonyl (C=O) groups excluding carboxylic acids is 1. The third-order valence-corrected chi connectivity index (χ3v) is 5.72. The number of piperidine rings is 1. The van der Waals surface area contributed by atoms with Crippen molar-refractivity contribution in [2.24, 2.45) is 5.92 Å². The van der Waals surface area contributed by atoms with E-state index in [0.717, 1.165) is 25.1 Å². The summed E-state index contributed by atoms with van der Waals surface area (Å²) in [6.07, 6.45) is 0.795. The van der Waals surface area contributed by atoms with Gasteiger partial charge in [0.05, 0.1) is 16.2 Å².